The van der Waals surface area contributed by atoms with Crippen molar-refractivity contribution in [3.8, 4) is 0 Å². The van der Waals surface area contributed by atoms with Gasteiger partial charge in [0.2, 0.25) is 0 Å². The van der Waals surface area contributed by atoms with Gasteiger partial charge in [-0.25, -0.2) is 0 Å². The van der Waals surface area contributed by atoms with Gasteiger partial charge >= 0.3 is 5.97 Å². The van der Waals surface area contributed by atoms with Gasteiger partial charge in [-0.2, -0.15) is 0 Å². The Balaban J connectivity index is 2.18. The summed E-state index contributed by atoms with van der Waals surface area (Å²) in [7, 11) is 1.38. The Labute approximate surface area is 119 Å². The minimum absolute atomic E-state index is 0.177. The molecule has 3 aliphatic rings. The number of aliphatic hydroxyl groups excluding tert-OH is 2. The van der Waals surface area contributed by atoms with Crippen LogP contribution in [0.5, 0.6) is 0 Å². The number of hydrogen-bond acceptors (Lipinski definition) is 4. The Morgan fingerprint density at radius 3 is 2.75 bits per heavy atom. The molecule has 2 bridgehead atoms. The molecular formula is C16H24O4. The number of rotatable bonds is 1. The predicted octanol–water partition coefficient (Wildman–Crippen LogP) is 1.80. The minimum atomic E-state index is -0.942. The summed E-state index contributed by atoms with van der Waals surface area (Å²) in [5.41, 5.74) is -0.00493. The van der Waals surface area contributed by atoms with E-state index >= 15 is 0 Å². The van der Waals surface area contributed by atoms with Crippen LogP contribution in [0.4, 0.5) is 0 Å². The molecule has 0 heterocycles. The van der Waals surface area contributed by atoms with Crippen LogP contribution in [0.25, 0.3) is 0 Å². The van der Waals surface area contributed by atoms with Crippen LogP contribution in [0.3, 0.4) is 0 Å². The Hall–Kier alpha value is -0.870. The van der Waals surface area contributed by atoms with Gasteiger partial charge in [0.25, 0.3) is 0 Å². The number of hydrogen-bond donors (Lipinski definition) is 2. The van der Waals surface area contributed by atoms with Crippen molar-refractivity contribution in [1.29, 1.82) is 0 Å². The molecule has 0 amide bonds. The van der Waals surface area contributed by atoms with Crippen LogP contribution in [0, 0.1) is 16.7 Å². The average Bonchev–Trinajstić information content (AvgIpc) is 2.79. The van der Waals surface area contributed by atoms with Crippen molar-refractivity contribution in [2.75, 3.05) is 7.11 Å². The molecular weight excluding hydrogens is 256 g/mol. The van der Waals surface area contributed by atoms with Crippen LogP contribution in [-0.2, 0) is 9.53 Å². The molecule has 4 nitrogen and oxygen atoms in total. The van der Waals surface area contributed by atoms with E-state index in [1.807, 2.05) is 0 Å². The van der Waals surface area contributed by atoms with Crippen molar-refractivity contribution in [2.24, 2.45) is 16.7 Å². The zero-order chi connectivity index (χ0) is 14.5. The molecule has 0 saturated heterocycles. The van der Waals surface area contributed by atoms with Gasteiger partial charge in [-0.1, -0.05) is 18.6 Å². The molecule has 0 spiro atoms. The minimum Gasteiger partial charge on any atom is -0.469 e. The highest BCUT2D eigenvalue weighted by Gasteiger charge is 2.67. The number of allylic oxidation sites excluding steroid dienone is 1. The Morgan fingerprint density at radius 2 is 2.05 bits per heavy atom. The summed E-state index contributed by atoms with van der Waals surface area (Å²) < 4.78 is 5.04. The summed E-state index contributed by atoms with van der Waals surface area (Å²) in [6.45, 7) is 4.24. The summed E-state index contributed by atoms with van der Waals surface area (Å²) in [6, 6.07) is 0. The third-order valence-electron chi connectivity index (χ3n) is 6.22. The molecule has 112 valence electrons. The van der Waals surface area contributed by atoms with Gasteiger partial charge < -0.3 is 14.9 Å². The maximum atomic E-state index is 12.5. The van der Waals surface area contributed by atoms with Crippen LogP contribution in [0.1, 0.15) is 44.9 Å². The molecule has 0 radical (unpaired) electrons. The van der Waals surface area contributed by atoms with Gasteiger partial charge in [-0.15, -0.1) is 0 Å². The second-order valence-electron chi connectivity index (χ2n) is 6.78. The maximum absolute atomic E-state index is 12.5. The first-order valence-electron chi connectivity index (χ1n) is 7.62. The highest BCUT2D eigenvalue weighted by atomic mass is 16.5. The van der Waals surface area contributed by atoms with Crippen LogP contribution < -0.4 is 0 Å². The van der Waals surface area contributed by atoms with Gasteiger partial charge in [0, 0.05) is 5.92 Å². The van der Waals surface area contributed by atoms with E-state index in [9.17, 15) is 15.0 Å². The van der Waals surface area contributed by atoms with Gasteiger partial charge in [-0.05, 0) is 43.9 Å². The maximum Gasteiger partial charge on any atom is 0.314 e. The molecule has 0 aliphatic heterocycles. The molecule has 20 heavy (non-hydrogen) atoms. The number of carbonyl (C=O) groups excluding carboxylic acids is 1. The summed E-state index contributed by atoms with van der Waals surface area (Å²) in [4.78, 5) is 12.5. The smallest absolute Gasteiger partial charge is 0.314 e. The fourth-order valence-corrected chi connectivity index (χ4v) is 5.38. The van der Waals surface area contributed by atoms with Crippen molar-refractivity contribution in [1.82, 2.24) is 0 Å². The summed E-state index contributed by atoms with van der Waals surface area (Å²) >= 11 is 0. The quantitative estimate of drug-likeness (QED) is 0.568. The standard InChI is InChI=1S/C16H24O4/c1-10-4-5-12(18)16(14(19)20-2)8-3-7-15(10)9-6-11(17)13(15)16/h11-13,17-18H,1,3-9H2,2H3/t11-,12+,13+,15-,16+/m0/s1. The van der Waals surface area contributed by atoms with Crippen molar-refractivity contribution >= 4 is 5.97 Å². The number of ether oxygens (including phenoxy) is 1. The van der Waals surface area contributed by atoms with Gasteiger partial charge in [0.1, 0.15) is 0 Å². The first-order valence-corrected chi connectivity index (χ1v) is 7.62. The number of aliphatic hydroxyl groups is 2. The lowest BCUT2D eigenvalue weighted by atomic mass is 9.53. The summed E-state index contributed by atoms with van der Waals surface area (Å²) in [6.07, 6.45) is 4.02. The zero-order valence-electron chi connectivity index (χ0n) is 12.1. The second kappa shape index (κ2) is 4.57. The number of carbonyl (C=O) groups is 1. The van der Waals surface area contributed by atoms with Gasteiger partial charge in [-0.3, -0.25) is 4.79 Å². The molecule has 3 rings (SSSR count). The van der Waals surface area contributed by atoms with Crippen molar-refractivity contribution in [3.63, 3.8) is 0 Å². The van der Waals surface area contributed by atoms with E-state index in [0.717, 1.165) is 31.3 Å². The summed E-state index contributed by atoms with van der Waals surface area (Å²) in [5, 5.41) is 21.2. The zero-order valence-corrected chi connectivity index (χ0v) is 12.1. The van der Waals surface area contributed by atoms with E-state index in [1.54, 1.807) is 0 Å². The molecule has 0 unspecified atom stereocenters. The van der Waals surface area contributed by atoms with E-state index in [-0.39, 0.29) is 17.3 Å². The molecule has 2 N–H and O–H groups in total. The number of methoxy groups -OCH3 is 1. The second-order valence-corrected chi connectivity index (χ2v) is 6.78. The number of esters is 1. The van der Waals surface area contributed by atoms with Crippen LogP contribution in [0.2, 0.25) is 0 Å². The Bertz CT molecular complexity index is 442. The fourth-order valence-electron chi connectivity index (χ4n) is 5.38. The first-order chi connectivity index (χ1) is 9.49. The van der Waals surface area contributed by atoms with Crippen LogP contribution in [-0.4, -0.2) is 35.5 Å². The lowest BCUT2D eigenvalue weighted by molar-refractivity contribution is -0.181. The molecule has 3 saturated carbocycles. The normalized spacial score (nSPS) is 47.5. The molecule has 0 aromatic heterocycles. The first kappa shape index (κ1) is 14.1. The Morgan fingerprint density at radius 1 is 1.30 bits per heavy atom. The van der Waals surface area contributed by atoms with E-state index in [4.69, 9.17) is 4.74 Å². The van der Waals surface area contributed by atoms with Gasteiger partial charge in [0.15, 0.2) is 0 Å². The lowest BCUT2D eigenvalue weighted by Crippen LogP contribution is -2.57. The topological polar surface area (TPSA) is 66.8 Å². The largest absolute Gasteiger partial charge is 0.469 e. The predicted molar refractivity (Wildman–Crippen MR) is 73.8 cm³/mol. The van der Waals surface area contributed by atoms with E-state index in [1.165, 1.54) is 7.11 Å². The van der Waals surface area contributed by atoms with Crippen molar-refractivity contribution < 1.29 is 19.7 Å². The van der Waals surface area contributed by atoms with E-state index in [2.05, 4.69) is 6.58 Å². The van der Waals surface area contributed by atoms with E-state index < -0.39 is 17.6 Å². The van der Waals surface area contributed by atoms with Gasteiger partial charge in [0.05, 0.1) is 24.7 Å². The van der Waals surface area contributed by atoms with Crippen LogP contribution in [0.15, 0.2) is 12.2 Å². The third-order valence-corrected chi connectivity index (χ3v) is 6.22. The molecule has 4 heteroatoms. The molecule has 3 fully saturated rings. The highest BCUT2D eigenvalue weighted by molar-refractivity contribution is 5.79. The fraction of sp³-hybridized carbons (Fsp3) is 0.812. The van der Waals surface area contributed by atoms with Crippen molar-refractivity contribution in [3.05, 3.63) is 12.2 Å². The van der Waals surface area contributed by atoms with E-state index in [0.29, 0.717) is 19.3 Å². The van der Waals surface area contributed by atoms with Crippen LogP contribution >= 0.6 is 0 Å². The van der Waals surface area contributed by atoms with Crippen molar-refractivity contribution in [2.45, 2.75) is 57.2 Å². The lowest BCUT2D eigenvalue weighted by Gasteiger charge is -2.51. The summed E-state index contributed by atoms with van der Waals surface area (Å²) in [5.74, 6) is -0.587. The molecule has 0 aromatic carbocycles. The SMILES string of the molecule is C=C1CC[C@@H](O)[C@]2(C(=O)OC)CCC[C@]13CC[C@H](O)[C@H]32. The average molecular weight is 280 g/mol. The molecule has 3 aliphatic carbocycles. The Kier molecular flexibility index (Phi) is 3.22. The molecule has 5 atom stereocenters. The highest BCUT2D eigenvalue weighted by Crippen LogP contribution is 2.66. The monoisotopic (exact) mass is 280 g/mol. The third kappa shape index (κ3) is 1.52. The molecule has 0 aromatic rings.